The van der Waals surface area contributed by atoms with E-state index < -0.39 is 5.51 Å². The average molecular weight is 294 g/mol. The van der Waals surface area contributed by atoms with Crippen molar-refractivity contribution in [3.8, 4) is 0 Å². The molecule has 0 aliphatic carbocycles. The predicted octanol–water partition coefficient (Wildman–Crippen LogP) is 3.19. The monoisotopic (exact) mass is 294 g/mol. The SMILES string of the molecule is CCNc1nc(C)nc(NCCSC(F)(F)F)c1C. The molecule has 1 aromatic heterocycles. The summed E-state index contributed by atoms with van der Waals surface area (Å²) in [5, 5.41) is 6.01. The van der Waals surface area contributed by atoms with Gasteiger partial charge < -0.3 is 10.6 Å². The molecule has 0 fully saturated rings. The number of nitrogens with one attached hydrogen (secondary N) is 2. The maximum atomic E-state index is 12.0. The number of hydrogen-bond donors (Lipinski definition) is 2. The lowest BCUT2D eigenvalue weighted by Gasteiger charge is -2.13. The molecule has 0 saturated heterocycles. The Morgan fingerprint density at radius 1 is 1.11 bits per heavy atom. The van der Waals surface area contributed by atoms with Crippen molar-refractivity contribution in [2.75, 3.05) is 29.5 Å². The lowest BCUT2D eigenvalue weighted by atomic mass is 10.3. The lowest BCUT2D eigenvalue weighted by Crippen LogP contribution is -2.13. The summed E-state index contributed by atoms with van der Waals surface area (Å²) in [4.78, 5) is 8.44. The van der Waals surface area contributed by atoms with Gasteiger partial charge in [0.1, 0.15) is 17.5 Å². The number of nitrogens with zero attached hydrogens (tertiary/aromatic N) is 2. The van der Waals surface area contributed by atoms with Crippen molar-refractivity contribution in [3.63, 3.8) is 0 Å². The molecule has 1 heterocycles. The largest absolute Gasteiger partial charge is 0.441 e. The van der Waals surface area contributed by atoms with E-state index in [0.29, 0.717) is 17.5 Å². The van der Waals surface area contributed by atoms with Crippen molar-refractivity contribution in [1.82, 2.24) is 9.97 Å². The van der Waals surface area contributed by atoms with Crippen LogP contribution in [0.1, 0.15) is 18.3 Å². The van der Waals surface area contributed by atoms with Crippen LogP contribution in [0.25, 0.3) is 0 Å². The molecule has 0 radical (unpaired) electrons. The summed E-state index contributed by atoms with van der Waals surface area (Å²) < 4.78 is 36.0. The second kappa shape index (κ2) is 6.83. The number of hydrogen-bond acceptors (Lipinski definition) is 5. The van der Waals surface area contributed by atoms with E-state index in [-0.39, 0.29) is 24.1 Å². The molecule has 0 aliphatic rings. The fraction of sp³-hybridized carbons (Fsp3) is 0.636. The van der Waals surface area contributed by atoms with Crippen molar-refractivity contribution >= 4 is 23.4 Å². The molecule has 0 unspecified atom stereocenters. The summed E-state index contributed by atoms with van der Waals surface area (Å²) in [7, 11) is 0. The van der Waals surface area contributed by atoms with E-state index in [4.69, 9.17) is 0 Å². The lowest BCUT2D eigenvalue weighted by molar-refractivity contribution is -0.0327. The molecule has 0 aromatic carbocycles. The van der Waals surface area contributed by atoms with Gasteiger partial charge in [-0.15, -0.1) is 0 Å². The van der Waals surface area contributed by atoms with Gasteiger partial charge in [-0.3, -0.25) is 0 Å². The fourth-order valence-electron chi connectivity index (χ4n) is 1.48. The van der Waals surface area contributed by atoms with Gasteiger partial charge >= 0.3 is 5.51 Å². The van der Waals surface area contributed by atoms with Crippen LogP contribution in [0.2, 0.25) is 0 Å². The Morgan fingerprint density at radius 3 is 2.21 bits per heavy atom. The third kappa shape index (κ3) is 5.54. The minimum atomic E-state index is -4.19. The Balaban J connectivity index is 2.63. The van der Waals surface area contributed by atoms with Crippen LogP contribution < -0.4 is 10.6 Å². The first-order valence-electron chi connectivity index (χ1n) is 5.87. The summed E-state index contributed by atoms with van der Waals surface area (Å²) >= 11 is -0.0442. The summed E-state index contributed by atoms with van der Waals surface area (Å²) in [5.74, 6) is 1.81. The van der Waals surface area contributed by atoms with Gasteiger partial charge in [-0.25, -0.2) is 9.97 Å². The molecule has 0 spiro atoms. The third-order valence-corrected chi connectivity index (χ3v) is 3.00. The minimum absolute atomic E-state index is 0.0442. The smallest absolute Gasteiger partial charge is 0.370 e. The van der Waals surface area contributed by atoms with E-state index in [0.717, 1.165) is 12.1 Å². The van der Waals surface area contributed by atoms with E-state index in [9.17, 15) is 13.2 Å². The number of aryl methyl sites for hydroxylation is 1. The number of alkyl halides is 3. The number of aromatic nitrogens is 2. The second-order valence-corrected chi connectivity index (χ2v) is 5.00. The minimum Gasteiger partial charge on any atom is -0.370 e. The van der Waals surface area contributed by atoms with Gasteiger partial charge in [0.05, 0.1) is 0 Å². The third-order valence-electron chi connectivity index (χ3n) is 2.26. The fourth-order valence-corrected chi connectivity index (χ4v) is 1.91. The maximum Gasteiger partial charge on any atom is 0.441 e. The normalized spacial score (nSPS) is 11.5. The topological polar surface area (TPSA) is 49.8 Å². The van der Waals surface area contributed by atoms with Gasteiger partial charge in [0.25, 0.3) is 0 Å². The van der Waals surface area contributed by atoms with Gasteiger partial charge in [-0.1, -0.05) is 0 Å². The molecule has 0 aliphatic heterocycles. The molecule has 8 heteroatoms. The van der Waals surface area contributed by atoms with Gasteiger partial charge in [0.2, 0.25) is 0 Å². The zero-order valence-electron chi connectivity index (χ0n) is 11.1. The molecule has 108 valence electrons. The van der Waals surface area contributed by atoms with Crippen molar-refractivity contribution < 1.29 is 13.2 Å². The van der Waals surface area contributed by atoms with Crippen LogP contribution in [-0.4, -0.2) is 34.3 Å². The summed E-state index contributed by atoms with van der Waals surface area (Å²) in [6.07, 6.45) is 0. The summed E-state index contributed by atoms with van der Waals surface area (Å²) in [5.41, 5.74) is -3.38. The van der Waals surface area contributed by atoms with E-state index >= 15 is 0 Å². The first-order valence-corrected chi connectivity index (χ1v) is 6.85. The van der Waals surface area contributed by atoms with Crippen LogP contribution in [0.4, 0.5) is 24.8 Å². The highest BCUT2D eigenvalue weighted by molar-refractivity contribution is 8.00. The van der Waals surface area contributed by atoms with Crippen LogP contribution in [0.3, 0.4) is 0 Å². The second-order valence-electron chi connectivity index (χ2n) is 3.84. The van der Waals surface area contributed by atoms with Gasteiger partial charge in [-0.05, 0) is 32.5 Å². The molecule has 0 amide bonds. The molecule has 0 bridgehead atoms. The zero-order valence-corrected chi connectivity index (χ0v) is 11.9. The Bertz CT molecular complexity index is 423. The molecule has 0 atom stereocenters. The highest BCUT2D eigenvalue weighted by atomic mass is 32.2. The van der Waals surface area contributed by atoms with Crippen LogP contribution in [-0.2, 0) is 0 Å². The molecule has 1 aromatic rings. The molecule has 1 rings (SSSR count). The first-order chi connectivity index (χ1) is 8.83. The van der Waals surface area contributed by atoms with Crippen molar-refractivity contribution in [2.45, 2.75) is 26.3 Å². The van der Waals surface area contributed by atoms with Gasteiger partial charge in [0.15, 0.2) is 0 Å². The highest BCUT2D eigenvalue weighted by Gasteiger charge is 2.27. The molecular weight excluding hydrogens is 277 g/mol. The number of thioether (sulfide) groups is 1. The highest BCUT2D eigenvalue weighted by Crippen LogP contribution is 2.29. The van der Waals surface area contributed by atoms with E-state index in [1.807, 2.05) is 13.8 Å². The van der Waals surface area contributed by atoms with Gasteiger partial charge in [-0.2, -0.15) is 13.2 Å². The predicted molar refractivity (Wildman–Crippen MR) is 72.7 cm³/mol. The maximum absolute atomic E-state index is 12.0. The molecule has 0 saturated carbocycles. The summed E-state index contributed by atoms with van der Waals surface area (Å²) in [6, 6.07) is 0. The quantitative estimate of drug-likeness (QED) is 0.789. The van der Waals surface area contributed by atoms with Gasteiger partial charge in [0, 0.05) is 24.4 Å². The molecule has 2 N–H and O–H groups in total. The Kier molecular flexibility index (Phi) is 5.71. The van der Waals surface area contributed by atoms with Crippen molar-refractivity contribution in [2.24, 2.45) is 0 Å². The van der Waals surface area contributed by atoms with Crippen LogP contribution in [0.5, 0.6) is 0 Å². The molecule has 4 nitrogen and oxygen atoms in total. The first kappa shape index (κ1) is 15.9. The zero-order chi connectivity index (χ0) is 14.5. The van der Waals surface area contributed by atoms with Crippen LogP contribution in [0.15, 0.2) is 0 Å². The number of halogens is 3. The average Bonchev–Trinajstić information content (AvgIpc) is 2.29. The molecular formula is C11H17F3N4S. The Labute approximate surface area is 114 Å². The number of anilines is 2. The standard InChI is InChI=1S/C11H17F3N4S/c1-4-15-9-7(2)10(18-8(3)17-9)16-5-6-19-11(12,13)14/h4-6H2,1-3H3,(H2,15,16,17,18). The van der Waals surface area contributed by atoms with E-state index in [2.05, 4.69) is 20.6 Å². The van der Waals surface area contributed by atoms with Crippen molar-refractivity contribution in [1.29, 1.82) is 0 Å². The Morgan fingerprint density at radius 2 is 1.68 bits per heavy atom. The summed E-state index contributed by atoms with van der Waals surface area (Å²) in [6.45, 7) is 6.45. The number of rotatable bonds is 6. The van der Waals surface area contributed by atoms with E-state index in [1.54, 1.807) is 6.92 Å². The van der Waals surface area contributed by atoms with E-state index in [1.165, 1.54) is 0 Å². The molecule has 19 heavy (non-hydrogen) atoms. The Hall–Kier alpha value is -1.18. The van der Waals surface area contributed by atoms with Crippen molar-refractivity contribution in [3.05, 3.63) is 11.4 Å². The van der Waals surface area contributed by atoms with Crippen LogP contribution in [0, 0.1) is 13.8 Å². The van der Waals surface area contributed by atoms with Crippen LogP contribution >= 0.6 is 11.8 Å².